The van der Waals surface area contributed by atoms with Crippen molar-refractivity contribution in [2.75, 3.05) is 19.5 Å². The minimum atomic E-state index is -3.51. The lowest BCUT2D eigenvalue weighted by atomic mass is 9.85. The van der Waals surface area contributed by atoms with Crippen LogP contribution in [0.25, 0.3) is 0 Å². The Hall–Kier alpha value is -0.660. The molecule has 0 aliphatic carbocycles. The van der Waals surface area contributed by atoms with Gasteiger partial charge in [0.05, 0.1) is 18.8 Å². The number of carboxylic acids is 1. The second-order valence-electron chi connectivity index (χ2n) is 4.95. The molecule has 0 aliphatic heterocycles. The van der Waals surface area contributed by atoms with Crippen molar-refractivity contribution in [3.05, 3.63) is 0 Å². The highest BCUT2D eigenvalue weighted by molar-refractivity contribution is 7.89. The van der Waals surface area contributed by atoms with Gasteiger partial charge in [0.2, 0.25) is 10.0 Å². The molecule has 7 heteroatoms. The maximum Gasteiger partial charge on any atom is 0.304 e. The second-order valence-corrected chi connectivity index (χ2v) is 6.82. The van der Waals surface area contributed by atoms with Gasteiger partial charge in [0, 0.05) is 13.2 Å². The molecule has 0 aromatic carbocycles. The molecule has 0 fully saturated rings. The molecule has 0 spiro atoms. The number of carbonyl (C=O) groups is 1. The lowest BCUT2D eigenvalue weighted by Gasteiger charge is -2.30. The van der Waals surface area contributed by atoms with E-state index in [0.717, 1.165) is 0 Å². The minimum absolute atomic E-state index is 0.0826. The average Bonchev–Trinajstić information content (AvgIpc) is 2.11. The molecule has 0 bridgehead atoms. The zero-order valence-corrected chi connectivity index (χ0v) is 11.5. The lowest BCUT2D eigenvalue weighted by molar-refractivity contribution is -0.138. The highest BCUT2D eigenvalue weighted by Gasteiger charge is 2.30. The smallest absolute Gasteiger partial charge is 0.304 e. The number of rotatable bonds is 7. The van der Waals surface area contributed by atoms with Gasteiger partial charge in [0.1, 0.15) is 0 Å². The Labute approximate surface area is 102 Å². The molecule has 1 unspecified atom stereocenters. The van der Waals surface area contributed by atoms with Crippen molar-refractivity contribution in [3.8, 4) is 0 Å². The van der Waals surface area contributed by atoms with Gasteiger partial charge in [-0.25, -0.2) is 13.1 Å². The van der Waals surface area contributed by atoms with Gasteiger partial charge in [0.25, 0.3) is 0 Å². The fraction of sp³-hybridized carbons (Fsp3) is 0.900. The van der Waals surface area contributed by atoms with Crippen LogP contribution in [0.2, 0.25) is 0 Å². The highest BCUT2D eigenvalue weighted by atomic mass is 32.2. The highest BCUT2D eigenvalue weighted by Crippen LogP contribution is 2.22. The van der Waals surface area contributed by atoms with E-state index in [1.807, 2.05) is 0 Å². The van der Waals surface area contributed by atoms with E-state index >= 15 is 0 Å². The number of ether oxygens (including phenoxy) is 1. The van der Waals surface area contributed by atoms with E-state index in [0.29, 0.717) is 0 Å². The van der Waals surface area contributed by atoms with Gasteiger partial charge in [0.15, 0.2) is 0 Å². The zero-order valence-electron chi connectivity index (χ0n) is 10.7. The molecule has 0 saturated carbocycles. The summed E-state index contributed by atoms with van der Waals surface area (Å²) in [7, 11) is -2.10. The zero-order chi connectivity index (χ0) is 13.7. The molecule has 2 N–H and O–H groups in total. The normalized spacial score (nSPS) is 14.6. The number of aliphatic carboxylic acids is 1. The molecule has 0 amide bonds. The fourth-order valence-electron chi connectivity index (χ4n) is 1.17. The van der Waals surface area contributed by atoms with Gasteiger partial charge < -0.3 is 9.84 Å². The van der Waals surface area contributed by atoms with Gasteiger partial charge in [-0.15, -0.1) is 0 Å². The van der Waals surface area contributed by atoms with Crippen LogP contribution in [-0.4, -0.2) is 45.0 Å². The van der Waals surface area contributed by atoms with Crippen molar-refractivity contribution in [3.63, 3.8) is 0 Å². The fourth-order valence-corrected chi connectivity index (χ4v) is 2.54. The van der Waals surface area contributed by atoms with Gasteiger partial charge in [-0.05, 0) is 5.41 Å². The summed E-state index contributed by atoms with van der Waals surface area (Å²) in [6.07, 6.45) is -0.240. The number of carboxylic acid groups (broad SMARTS) is 1. The summed E-state index contributed by atoms with van der Waals surface area (Å²) in [5, 5.41) is 8.76. The number of hydrogen-bond acceptors (Lipinski definition) is 4. The van der Waals surface area contributed by atoms with Gasteiger partial charge >= 0.3 is 5.97 Å². The number of methoxy groups -OCH3 is 1. The third-order valence-electron chi connectivity index (χ3n) is 2.30. The van der Waals surface area contributed by atoms with Crippen LogP contribution in [0.3, 0.4) is 0 Å². The standard InChI is InChI=1S/C10H21NO5S/c1-10(2,3)8(7-9(12)13)11-17(14,15)6-5-16-4/h8,11H,5-7H2,1-4H3,(H,12,13). The van der Waals surface area contributed by atoms with Gasteiger partial charge in [-0.3, -0.25) is 4.79 Å². The molecule has 0 aromatic rings. The topological polar surface area (TPSA) is 92.7 Å². The van der Waals surface area contributed by atoms with Crippen molar-refractivity contribution >= 4 is 16.0 Å². The Balaban J connectivity index is 4.70. The van der Waals surface area contributed by atoms with E-state index in [2.05, 4.69) is 4.72 Å². The molecule has 102 valence electrons. The summed E-state index contributed by atoms with van der Waals surface area (Å²) in [6.45, 7) is 5.46. The van der Waals surface area contributed by atoms with Crippen molar-refractivity contribution in [1.82, 2.24) is 4.72 Å². The van der Waals surface area contributed by atoms with Crippen LogP contribution in [0.5, 0.6) is 0 Å². The van der Waals surface area contributed by atoms with E-state index in [1.54, 1.807) is 20.8 Å². The van der Waals surface area contributed by atoms with Crippen LogP contribution in [0.4, 0.5) is 0 Å². The summed E-state index contributed by atoms with van der Waals surface area (Å²) < 4.78 is 30.4. The van der Waals surface area contributed by atoms with Crippen LogP contribution in [-0.2, 0) is 19.6 Å². The SMILES string of the molecule is COCCS(=O)(=O)NC(CC(=O)O)C(C)(C)C. The van der Waals surface area contributed by atoms with Crippen LogP contribution >= 0.6 is 0 Å². The molecule has 0 saturated heterocycles. The number of sulfonamides is 1. The van der Waals surface area contributed by atoms with Gasteiger partial charge in [-0.1, -0.05) is 20.8 Å². The first-order valence-corrected chi connectivity index (χ1v) is 6.94. The third-order valence-corrected chi connectivity index (χ3v) is 3.65. The summed E-state index contributed by atoms with van der Waals surface area (Å²) in [4.78, 5) is 10.7. The molecule has 17 heavy (non-hydrogen) atoms. The Kier molecular flexibility index (Phi) is 6.08. The van der Waals surface area contributed by atoms with E-state index in [1.165, 1.54) is 7.11 Å². The van der Waals surface area contributed by atoms with E-state index < -0.39 is 27.4 Å². The maximum atomic E-state index is 11.6. The molecule has 0 rings (SSSR count). The summed E-state index contributed by atoms with van der Waals surface area (Å²) >= 11 is 0. The maximum absolute atomic E-state index is 11.6. The summed E-state index contributed by atoms with van der Waals surface area (Å²) in [5.74, 6) is -1.20. The first-order chi connectivity index (χ1) is 7.58. The number of hydrogen-bond donors (Lipinski definition) is 2. The molecular formula is C10H21NO5S. The van der Waals surface area contributed by atoms with Crippen molar-refractivity contribution in [1.29, 1.82) is 0 Å². The van der Waals surface area contributed by atoms with Crippen molar-refractivity contribution < 1.29 is 23.1 Å². The number of nitrogens with one attached hydrogen (secondary N) is 1. The first-order valence-electron chi connectivity index (χ1n) is 5.29. The third kappa shape index (κ3) is 7.30. The van der Waals surface area contributed by atoms with E-state index in [9.17, 15) is 13.2 Å². The lowest BCUT2D eigenvalue weighted by Crippen LogP contribution is -2.46. The van der Waals surface area contributed by atoms with Crippen LogP contribution < -0.4 is 4.72 Å². The Morgan fingerprint density at radius 3 is 2.29 bits per heavy atom. The molecule has 0 aliphatic rings. The molecule has 6 nitrogen and oxygen atoms in total. The average molecular weight is 267 g/mol. The van der Waals surface area contributed by atoms with Crippen molar-refractivity contribution in [2.45, 2.75) is 33.2 Å². The monoisotopic (exact) mass is 267 g/mol. The van der Waals surface area contributed by atoms with Crippen LogP contribution in [0, 0.1) is 5.41 Å². The predicted octanol–water partition coefficient (Wildman–Crippen LogP) is 0.442. The first kappa shape index (κ1) is 16.3. The Morgan fingerprint density at radius 2 is 1.94 bits per heavy atom. The summed E-state index contributed by atoms with van der Waals surface area (Å²) in [5.41, 5.74) is -0.460. The molecule has 0 radical (unpaired) electrons. The predicted molar refractivity (Wildman–Crippen MR) is 64.3 cm³/mol. The second kappa shape index (κ2) is 6.32. The van der Waals surface area contributed by atoms with Crippen LogP contribution in [0.1, 0.15) is 27.2 Å². The van der Waals surface area contributed by atoms with Gasteiger partial charge in [-0.2, -0.15) is 0 Å². The van der Waals surface area contributed by atoms with Crippen molar-refractivity contribution in [2.24, 2.45) is 5.41 Å². The largest absolute Gasteiger partial charge is 0.481 e. The molecule has 0 heterocycles. The Bertz CT molecular complexity index is 344. The summed E-state index contributed by atoms with van der Waals surface area (Å²) in [6, 6.07) is -0.637. The molecular weight excluding hydrogens is 246 g/mol. The molecule has 1 atom stereocenters. The van der Waals surface area contributed by atoms with E-state index in [4.69, 9.17) is 9.84 Å². The van der Waals surface area contributed by atoms with Crippen LogP contribution in [0.15, 0.2) is 0 Å². The molecule has 0 aromatic heterocycles. The van der Waals surface area contributed by atoms with E-state index in [-0.39, 0.29) is 18.8 Å². The Morgan fingerprint density at radius 1 is 1.41 bits per heavy atom. The minimum Gasteiger partial charge on any atom is -0.481 e. The quantitative estimate of drug-likeness (QED) is 0.698.